The number of hydrogen-bond acceptors (Lipinski definition) is 4. The lowest BCUT2D eigenvalue weighted by Gasteiger charge is -2.45. The SMILES string of the molecule is N#Cc1ccc2c(c1)C1(c3cc(-c4ccc(C5NC(c6ccccc6)=C6C=CC=CC6N5)cc4)ccc3-2)c2ccccc2N(c2ccccc2)c2ccccc21. The molecule has 2 atom stereocenters. The van der Waals surface area contributed by atoms with Gasteiger partial charge in [-0.1, -0.05) is 152 Å². The van der Waals surface area contributed by atoms with E-state index >= 15 is 0 Å². The summed E-state index contributed by atoms with van der Waals surface area (Å²) in [6, 6.07) is 63.6. The molecule has 1 spiro atoms. The molecule has 2 unspecified atom stereocenters. The normalized spacial score (nSPS) is 17.9. The molecule has 4 nitrogen and oxygen atoms in total. The first kappa shape index (κ1) is 32.3. The van der Waals surface area contributed by atoms with Gasteiger partial charge < -0.3 is 10.2 Å². The molecule has 2 aliphatic carbocycles. The molecule has 0 bridgehead atoms. The molecule has 0 fully saturated rings. The van der Waals surface area contributed by atoms with E-state index in [2.05, 4.69) is 210 Å². The van der Waals surface area contributed by atoms with Gasteiger partial charge in [-0.05, 0) is 104 Å². The van der Waals surface area contributed by atoms with E-state index in [1.54, 1.807) is 0 Å². The third kappa shape index (κ3) is 4.75. The zero-order valence-electron chi connectivity index (χ0n) is 30.5. The van der Waals surface area contributed by atoms with Gasteiger partial charge in [0, 0.05) is 11.4 Å². The highest BCUT2D eigenvalue weighted by Gasteiger charge is 2.52. The summed E-state index contributed by atoms with van der Waals surface area (Å²) >= 11 is 0. The monoisotopic (exact) mass is 716 g/mol. The zero-order chi connectivity index (χ0) is 37.2. The summed E-state index contributed by atoms with van der Waals surface area (Å²) in [5.74, 6) is 0. The van der Waals surface area contributed by atoms with E-state index in [-0.39, 0.29) is 12.2 Å². The minimum absolute atomic E-state index is 0.0564. The molecule has 11 rings (SSSR count). The van der Waals surface area contributed by atoms with Gasteiger partial charge in [0.05, 0.1) is 34.5 Å². The van der Waals surface area contributed by atoms with Crippen molar-refractivity contribution in [3.63, 3.8) is 0 Å². The van der Waals surface area contributed by atoms with Crippen LogP contribution in [0.3, 0.4) is 0 Å². The molecule has 56 heavy (non-hydrogen) atoms. The number of rotatable bonds is 4. The minimum Gasteiger partial charge on any atom is -0.365 e. The van der Waals surface area contributed by atoms with Crippen LogP contribution in [-0.4, -0.2) is 6.04 Å². The molecular formula is C52H36N4. The van der Waals surface area contributed by atoms with Crippen molar-refractivity contribution in [1.82, 2.24) is 10.6 Å². The van der Waals surface area contributed by atoms with Gasteiger partial charge in [-0.25, -0.2) is 0 Å². The molecule has 264 valence electrons. The van der Waals surface area contributed by atoms with Crippen LogP contribution in [0.4, 0.5) is 17.1 Å². The lowest BCUT2D eigenvalue weighted by atomic mass is 9.64. The Morgan fingerprint density at radius 1 is 0.554 bits per heavy atom. The largest absolute Gasteiger partial charge is 0.365 e. The van der Waals surface area contributed by atoms with E-state index in [1.165, 1.54) is 44.5 Å². The van der Waals surface area contributed by atoms with Crippen molar-refractivity contribution >= 4 is 22.8 Å². The quantitative estimate of drug-likeness (QED) is 0.190. The van der Waals surface area contributed by atoms with E-state index in [0.29, 0.717) is 5.56 Å². The van der Waals surface area contributed by atoms with Gasteiger partial charge in [0.15, 0.2) is 0 Å². The second-order valence-electron chi connectivity index (χ2n) is 14.9. The number of nitrogens with zero attached hydrogens (tertiary/aromatic N) is 2. The Hall–Kier alpha value is -7.19. The summed E-state index contributed by atoms with van der Waals surface area (Å²) in [5.41, 5.74) is 17.6. The highest BCUT2D eigenvalue weighted by atomic mass is 15.2. The Morgan fingerprint density at radius 3 is 1.89 bits per heavy atom. The fourth-order valence-corrected chi connectivity index (χ4v) is 9.53. The maximum absolute atomic E-state index is 10.2. The van der Waals surface area contributed by atoms with E-state index in [1.807, 2.05) is 6.07 Å². The van der Waals surface area contributed by atoms with Gasteiger partial charge in [-0.3, -0.25) is 5.32 Å². The van der Waals surface area contributed by atoms with Gasteiger partial charge in [-0.2, -0.15) is 5.26 Å². The van der Waals surface area contributed by atoms with Gasteiger partial charge in [-0.15, -0.1) is 0 Å². The first-order chi connectivity index (χ1) is 27.7. The molecule has 4 heteroatoms. The summed E-state index contributed by atoms with van der Waals surface area (Å²) in [6.07, 6.45) is 8.61. The van der Waals surface area contributed by atoms with Gasteiger partial charge >= 0.3 is 0 Å². The smallest absolute Gasteiger partial charge is 0.104 e. The number of hydrogen-bond donors (Lipinski definition) is 2. The maximum Gasteiger partial charge on any atom is 0.104 e. The summed E-state index contributed by atoms with van der Waals surface area (Å²) in [6.45, 7) is 0. The standard InChI is InChI=1S/C52H36N4/c53-33-34-23-29-40-41-30-28-38(35-24-26-37(27-25-35)51-54-47-20-10-7-17-42(47)50(55-51)36-13-3-1-4-14-36)32-46(41)52(45(40)31-34)43-18-8-11-21-48(43)56(39-15-5-2-6-16-39)49-22-12-9-19-44(49)52/h1-32,47,51,54-55H. The first-order valence-electron chi connectivity index (χ1n) is 19.2. The molecule has 0 saturated carbocycles. The van der Waals surface area contributed by atoms with Crippen molar-refractivity contribution < 1.29 is 0 Å². The third-order valence-electron chi connectivity index (χ3n) is 12.0. The van der Waals surface area contributed by atoms with Crippen LogP contribution in [-0.2, 0) is 5.41 Å². The van der Waals surface area contributed by atoms with Crippen molar-refractivity contribution in [3.05, 3.63) is 239 Å². The highest BCUT2D eigenvalue weighted by Crippen LogP contribution is 2.63. The molecule has 2 N–H and O–H groups in total. The van der Waals surface area contributed by atoms with E-state index in [0.717, 1.165) is 39.4 Å². The van der Waals surface area contributed by atoms with Crippen LogP contribution >= 0.6 is 0 Å². The Kier molecular flexibility index (Phi) is 7.32. The lowest BCUT2D eigenvalue weighted by molar-refractivity contribution is 0.460. The van der Waals surface area contributed by atoms with E-state index in [4.69, 9.17) is 0 Å². The predicted octanol–water partition coefficient (Wildman–Crippen LogP) is 11.5. The molecule has 0 amide bonds. The van der Waals surface area contributed by atoms with Crippen LogP contribution < -0.4 is 15.5 Å². The van der Waals surface area contributed by atoms with Crippen LogP contribution in [0, 0.1) is 11.3 Å². The van der Waals surface area contributed by atoms with E-state index < -0.39 is 5.41 Å². The third-order valence-corrected chi connectivity index (χ3v) is 12.0. The summed E-state index contributed by atoms with van der Waals surface area (Å²) in [5, 5.41) is 17.9. The molecule has 0 aromatic heterocycles. The molecule has 2 aliphatic heterocycles. The number of fused-ring (bicyclic) bond motifs is 10. The van der Waals surface area contributed by atoms with Gasteiger partial charge in [0.2, 0.25) is 0 Å². The average molecular weight is 717 g/mol. The van der Waals surface area contributed by atoms with Crippen LogP contribution in [0.2, 0.25) is 0 Å². The summed E-state index contributed by atoms with van der Waals surface area (Å²) in [7, 11) is 0. The number of nitrogens with one attached hydrogen (secondary N) is 2. The Labute approximate surface area is 327 Å². The fraction of sp³-hybridized carbons (Fsp3) is 0.0577. The maximum atomic E-state index is 10.2. The molecule has 4 aliphatic rings. The Morgan fingerprint density at radius 2 is 1.18 bits per heavy atom. The van der Waals surface area contributed by atoms with E-state index in [9.17, 15) is 5.26 Å². The minimum atomic E-state index is -0.637. The average Bonchev–Trinajstić information content (AvgIpc) is 3.56. The molecule has 7 aromatic carbocycles. The predicted molar refractivity (Wildman–Crippen MR) is 227 cm³/mol. The highest BCUT2D eigenvalue weighted by molar-refractivity contribution is 5.96. The van der Waals surface area contributed by atoms with Crippen molar-refractivity contribution in [3.8, 4) is 28.3 Å². The Bertz CT molecular complexity index is 2780. The van der Waals surface area contributed by atoms with Crippen molar-refractivity contribution in [2.75, 3.05) is 4.90 Å². The van der Waals surface area contributed by atoms with Crippen LogP contribution in [0.15, 0.2) is 200 Å². The number of allylic oxidation sites excluding steroid dienone is 2. The van der Waals surface area contributed by atoms with Gasteiger partial charge in [0.25, 0.3) is 0 Å². The molecule has 7 aromatic rings. The number of nitriles is 1. The topological polar surface area (TPSA) is 51.1 Å². The molecular weight excluding hydrogens is 681 g/mol. The second-order valence-corrected chi connectivity index (χ2v) is 14.9. The number of anilines is 3. The van der Waals surface area contributed by atoms with Crippen LogP contribution in [0.5, 0.6) is 0 Å². The molecule has 0 radical (unpaired) electrons. The molecule has 0 saturated heterocycles. The summed E-state index contributed by atoms with van der Waals surface area (Å²) in [4.78, 5) is 2.39. The van der Waals surface area contributed by atoms with Crippen molar-refractivity contribution in [2.24, 2.45) is 0 Å². The van der Waals surface area contributed by atoms with Crippen LogP contribution in [0.25, 0.3) is 28.0 Å². The number of benzene rings is 7. The van der Waals surface area contributed by atoms with Crippen molar-refractivity contribution in [1.29, 1.82) is 5.26 Å². The lowest BCUT2D eigenvalue weighted by Crippen LogP contribution is -2.45. The first-order valence-corrected chi connectivity index (χ1v) is 19.2. The Balaban J connectivity index is 1.05. The summed E-state index contributed by atoms with van der Waals surface area (Å²) < 4.78 is 0. The second kappa shape index (κ2) is 12.7. The van der Waals surface area contributed by atoms with Crippen molar-refractivity contribution in [2.45, 2.75) is 17.6 Å². The number of para-hydroxylation sites is 3. The molecule has 2 heterocycles. The van der Waals surface area contributed by atoms with Crippen LogP contribution in [0.1, 0.15) is 45.1 Å². The van der Waals surface area contributed by atoms with Gasteiger partial charge in [0.1, 0.15) is 6.17 Å². The zero-order valence-corrected chi connectivity index (χ0v) is 30.5. The fourth-order valence-electron chi connectivity index (χ4n) is 9.53.